The summed E-state index contributed by atoms with van der Waals surface area (Å²) in [5.74, 6) is 0. The molecule has 0 saturated heterocycles. The largest absolute Gasteiger partial charge is 0.143 e. The van der Waals surface area contributed by atoms with E-state index in [4.69, 9.17) is 0 Å². The molecule has 17 heavy (non-hydrogen) atoms. The fourth-order valence-electron chi connectivity index (χ4n) is 1.09. The molecule has 0 aliphatic heterocycles. The van der Waals surface area contributed by atoms with Crippen molar-refractivity contribution in [2.45, 2.75) is 23.6 Å². The number of rotatable bonds is 0. The van der Waals surface area contributed by atoms with Crippen molar-refractivity contribution in [3.63, 3.8) is 0 Å². The van der Waals surface area contributed by atoms with Crippen molar-refractivity contribution >= 4 is 25.3 Å². The van der Waals surface area contributed by atoms with Gasteiger partial charge in [0.05, 0.1) is 0 Å². The molecule has 0 atom stereocenters. The predicted molar refractivity (Wildman–Crippen MR) is 76.9 cm³/mol. The molecular weight excluding hydrogens is 296 g/mol. The Balaban J connectivity index is 0.000000284. The van der Waals surface area contributed by atoms with E-state index < -0.39 is 0 Å². The first kappa shape index (κ1) is 16.7. The first-order valence-corrected chi connectivity index (χ1v) is 5.98. The molecule has 95 valence electrons. The third kappa shape index (κ3) is 7.56. The number of hydrogen-bond donors (Lipinski definition) is 2. The molecular formula is C14H16CuS2. The molecule has 0 fully saturated rings. The van der Waals surface area contributed by atoms with Gasteiger partial charge in [-0.1, -0.05) is 35.4 Å². The van der Waals surface area contributed by atoms with Gasteiger partial charge in [-0.2, -0.15) is 0 Å². The van der Waals surface area contributed by atoms with E-state index in [-0.39, 0.29) is 17.1 Å². The van der Waals surface area contributed by atoms with Crippen molar-refractivity contribution in [2.75, 3.05) is 0 Å². The van der Waals surface area contributed by atoms with Crippen LogP contribution in [0.25, 0.3) is 0 Å². The number of aryl methyl sites for hydroxylation is 2. The van der Waals surface area contributed by atoms with Gasteiger partial charge in [0.25, 0.3) is 0 Å². The Morgan fingerprint density at radius 1 is 0.588 bits per heavy atom. The van der Waals surface area contributed by atoms with Gasteiger partial charge in [0.2, 0.25) is 0 Å². The molecule has 1 radical (unpaired) electrons. The van der Waals surface area contributed by atoms with E-state index in [2.05, 4.69) is 39.1 Å². The molecule has 0 bridgehead atoms. The van der Waals surface area contributed by atoms with Crippen molar-refractivity contribution in [3.8, 4) is 0 Å². The first-order chi connectivity index (χ1) is 7.58. The van der Waals surface area contributed by atoms with E-state index in [1.165, 1.54) is 11.1 Å². The Kier molecular flexibility index (Phi) is 8.53. The number of benzene rings is 2. The summed E-state index contributed by atoms with van der Waals surface area (Å²) in [4.78, 5) is 2.05. The summed E-state index contributed by atoms with van der Waals surface area (Å²) in [6.07, 6.45) is 0. The Morgan fingerprint density at radius 2 is 0.824 bits per heavy atom. The topological polar surface area (TPSA) is 0 Å². The minimum Gasteiger partial charge on any atom is -0.143 e. The van der Waals surface area contributed by atoms with Crippen molar-refractivity contribution < 1.29 is 17.1 Å². The SMILES string of the molecule is Cc1ccc(S)cc1.Cc1ccc(S)cc1.[Cu]. The van der Waals surface area contributed by atoms with E-state index in [9.17, 15) is 0 Å². The van der Waals surface area contributed by atoms with Crippen LogP contribution in [0.2, 0.25) is 0 Å². The van der Waals surface area contributed by atoms with Crippen LogP contribution >= 0.6 is 25.3 Å². The second kappa shape index (κ2) is 8.71. The van der Waals surface area contributed by atoms with Crippen LogP contribution in [0.1, 0.15) is 11.1 Å². The normalized spacial score (nSPS) is 8.71. The maximum Gasteiger partial charge on any atom is 0.00401 e. The summed E-state index contributed by atoms with van der Waals surface area (Å²) >= 11 is 8.26. The van der Waals surface area contributed by atoms with Crippen molar-refractivity contribution in [2.24, 2.45) is 0 Å². The molecule has 0 heterocycles. The number of thiol groups is 2. The molecule has 2 aromatic rings. The average Bonchev–Trinajstić information content (AvgIpc) is 2.28. The summed E-state index contributed by atoms with van der Waals surface area (Å²) < 4.78 is 0. The molecule has 0 unspecified atom stereocenters. The average molecular weight is 312 g/mol. The summed E-state index contributed by atoms with van der Waals surface area (Å²) in [5.41, 5.74) is 2.56. The molecule has 0 aliphatic rings. The van der Waals surface area contributed by atoms with E-state index in [0.29, 0.717) is 0 Å². The molecule has 2 aromatic carbocycles. The summed E-state index contributed by atoms with van der Waals surface area (Å²) in [6, 6.07) is 16.1. The Bertz CT molecular complexity index is 335. The zero-order valence-electron chi connectivity index (χ0n) is 9.81. The van der Waals surface area contributed by atoms with Crippen molar-refractivity contribution in [1.29, 1.82) is 0 Å². The number of hydrogen-bond acceptors (Lipinski definition) is 2. The van der Waals surface area contributed by atoms with E-state index >= 15 is 0 Å². The Labute approximate surface area is 125 Å². The van der Waals surface area contributed by atoms with Crippen molar-refractivity contribution in [3.05, 3.63) is 59.7 Å². The van der Waals surface area contributed by atoms with Gasteiger partial charge >= 0.3 is 0 Å². The van der Waals surface area contributed by atoms with Crippen LogP contribution in [0.4, 0.5) is 0 Å². The van der Waals surface area contributed by atoms with Crippen LogP contribution in [0, 0.1) is 13.8 Å². The zero-order chi connectivity index (χ0) is 12.0. The van der Waals surface area contributed by atoms with Crippen LogP contribution in [-0.2, 0) is 17.1 Å². The summed E-state index contributed by atoms with van der Waals surface area (Å²) in [5, 5.41) is 0. The maximum absolute atomic E-state index is 4.13. The van der Waals surface area contributed by atoms with Gasteiger partial charge in [0.1, 0.15) is 0 Å². The third-order valence-corrected chi connectivity index (χ3v) is 2.66. The molecule has 3 heteroatoms. The molecule has 0 saturated carbocycles. The van der Waals surface area contributed by atoms with E-state index in [0.717, 1.165) is 9.79 Å². The standard InChI is InChI=1S/2C7H8S.Cu/c2*1-6-2-4-7(8)5-3-6;/h2*2-5,8H,1H3;. The van der Waals surface area contributed by atoms with Crippen LogP contribution in [0.5, 0.6) is 0 Å². The monoisotopic (exact) mass is 311 g/mol. The maximum atomic E-state index is 4.13. The predicted octanol–water partition coefficient (Wildman–Crippen LogP) is 4.56. The zero-order valence-corrected chi connectivity index (χ0v) is 12.5. The van der Waals surface area contributed by atoms with Gasteiger partial charge < -0.3 is 0 Å². The second-order valence-electron chi connectivity index (χ2n) is 3.67. The van der Waals surface area contributed by atoms with Gasteiger partial charge in [0.15, 0.2) is 0 Å². The molecule has 0 spiro atoms. The minimum atomic E-state index is 0. The van der Waals surface area contributed by atoms with Crippen molar-refractivity contribution in [1.82, 2.24) is 0 Å². The van der Waals surface area contributed by atoms with Gasteiger partial charge in [-0.05, 0) is 38.1 Å². The third-order valence-electron chi connectivity index (χ3n) is 2.07. The molecule has 0 N–H and O–H groups in total. The second-order valence-corrected chi connectivity index (χ2v) is 4.70. The molecule has 2 rings (SSSR count). The smallest absolute Gasteiger partial charge is 0.00401 e. The van der Waals surface area contributed by atoms with Crippen LogP contribution in [0.15, 0.2) is 58.3 Å². The van der Waals surface area contributed by atoms with Gasteiger partial charge in [-0.15, -0.1) is 25.3 Å². The summed E-state index contributed by atoms with van der Waals surface area (Å²) in [6.45, 7) is 4.13. The quantitative estimate of drug-likeness (QED) is 0.517. The minimum absolute atomic E-state index is 0. The van der Waals surface area contributed by atoms with Crippen LogP contribution in [-0.4, -0.2) is 0 Å². The van der Waals surface area contributed by atoms with E-state index in [1.54, 1.807) is 0 Å². The fourth-order valence-corrected chi connectivity index (χ4v) is 1.39. The van der Waals surface area contributed by atoms with E-state index in [1.807, 2.05) is 48.5 Å². The van der Waals surface area contributed by atoms with Gasteiger partial charge in [-0.25, -0.2) is 0 Å². The molecule has 0 nitrogen and oxygen atoms in total. The van der Waals surface area contributed by atoms with Crippen LogP contribution < -0.4 is 0 Å². The van der Waals surface area contributed by atoms with Gasteiger partial charge in [0, 0.05) is 26.9 Å². The molecule has 0 amide bonds. The molecule has 0 aromatic heterocycles. The molecule has 0 aliphatic carbocycles. The fraction of sp³-hybridized carbons (Fsp3) is 0.143. The Morgan fingerprint density at radius 3 is 1.00 bits per heavy atom. The summed E-state index contributed by atoms with van der Waals surface area (Å²) in [7, 11) is 0. The van der Waals surface area contributed by atoms with Crippen LogP contribution in [0.3, 0.4) is 0 Å². The van der Waals surface area contributed by atoms with Gasteiger partial charge in [-0.3, -0.25) is 0 Å². The Hall–Kier alpha value is -0.341. The first-order valence-electron chi connectivity index (χ1n) is 5.09.